The van der Waals surface area contributed by atoms with E-state index in [0.717, 1.165) is 0 Å². The quantitative estimate of drug-likeness (QED) is 0.289. The third-order valence-electron chi connectivity index (χ3n) is 7.80. The molecule has 1 saturated heterocycles. The number of hydrogen-bond donors (Lipinski definition) is 5. The Hall–Kier alpha value is -3.06. The van der Waals surface area contributed by atoms with Gasteiger partial charge in [0.05, 0.1) is 42.1 Å². The van der Waals surface area contributed by atoms with Crippen molar-refractivity contribution in [2.24, 2.45) is 5.73 Å². The fraction of sp³-hybridized carbons (Fsp3) is 0.444. The molecule has 2 aromatic carbocycles. The smallest absolute Gasteiger partial charge is 0.202 e. The van der Waals surface area contributed by atoms with Gasteiger partial charge >= 0.3 is 0 Å². The van der Waals surface area contributed by atoms with Gasteiger partial charge in [0.2, 0.25) is 5.78 Å². The van der Waals surface area contributed by atoms with Gasteiger partial charge in [0, 0.05) is 42.0 Å². The molecule has 6 atom stereocenters. The number of hydrogen-bond acceptors (Lipinski definition) is 11. The maximum absolute atomic E-state index is 13.6. The van der Waals surface area contributed by atoms with Gasteiger partial charge in [0.1, 0.15) is 22.8 Å². The molecule has 0 bridgehead atoms. The van der Waals surface area contributed by atoms with E-state index in [0.29, 0.717) is 0 Å². The lowest BCUT2D eigenvalue weighted by Crippen LogP contribution is -2.52. The van der Waals surface area contributed by atoms with Crippen molar-refractivity contribution >= 4 is 29.8 Å². The van der Waals surface area contributed by atoms with Crippen molar-refractivity contribution in [3.8, 4) is 17.2 Å². The number of carbonyl (C=O) groups excluding carboxylic acids is 3. The van der Waals surface area contributed by atoms with Crippen LogP contribution in [0.4, 0.5) is 0 Å². The summed E-state index contributed by atoms with van der Waals surface area (Å²) in [6, 6.07) is 3.75. The molecule has 0 radical (unpaired) electrons. The summed E-state index contributed by atoms with van der Waals surface area (Å²) in [5.74, 6) is -3.18. The van der Waals surface area contributed by atoms with Crippen molar-refractivity contribution in [2.75, 3.05) is 7.11 Å². The molecule has 2 aromatic rings. The largest absolute Gasteiger partial charge is 0.507 e. The predicted octanol–water partition coefficient (Wildman–Crippen LogP) is 1.45. The van der Waals surface area contributed by atoms with Crippen LogP contribution in [0.3, 0.4) is 0 Å². The zero-order valence-corrected chi connectivity index (χ0v) is 22.3. The van der Waals surface area contributed by atoms with Gasteiger partial charge < -0.3 is 40.4 Å². The Morgan fingerprint density at radius 2 is 1.79 bits per heavy atom. The first-order chi connectivity index (χ1) is 17.9. The number of methoxy groups -OCH3 is 1. The fourth-order valence-corrected chi connectivity index (χ4v) is 5.66. The number of aromatic hydroxyl groups is 2. The number of Topliss-reactive ketones (excluding diaryl/α,β-unsaturated/α-hetero) is 1. The topological polar surface area (TPSA) is 186 Å². The average molecular weight is 564 g/mol. The first kappa shape index (κ1) is 28.9. The molecular formula is C27H30ClNO10. The molecule has 1 unspecified atom stereocenters. The summed E-state index contributed by atoms with van der Waals surface area (Å²) >= 11 is 0. The molecule has 3 aliphatic rings. The van der Waals surface area contributed by atoms with Crippen LogP contribution in [0.25, 0.3) is 0 Å². The summed E-state index contributed by atoms with van der Waals surface area (Å²) in [6.07, 6.45) is -4.53. The van der Waals surface area contributed by atoms with Gasteiger partial charge in [0.25, 0.3) is 0 Å². The molecule has 0 amide bonds. The van der Waals surface area contributed by atoms with Crippen LogP contribution in [0.15, 0.2) is 18.2 Å². The number of halogens is 1. The van der Waals surface area contributed by atoms with Crippen LogP contribution in [0.2, 0.25) is 0 Å². The number of rotatable bonds is 4. The number of phenols is 2. The Labute approximate surface area is 229 Å². The van der Waals surface area contributed by atoms with Crippen LogP contribution in [0, 0.1) is 0 Å². The second kappa shape index (κ2) is 10.2. The summed E-state index contributed by atoms with van der Waals surface area (Å²) in [5, 5.41) is 44.1. The molecule has 210 valence electrons. The number of phenolic OH excluding ortho intramolecular Hbond substituents is 2. The van der Waals surface area contributed by atoms with Gasteiger partial charge in [-0.15, -0.1) is 12.4 Å². The van der Waals surface area contributed by atoms with E-state index >= 15 is 0 Å². The third kappa shape index (κ3) is 4.39. The van der Waals surface area contributed by atoms with Crippen LogP contribution < -0.4 is 10.5 Å². The highest BCUT2D eigenvalue weighted by molar-refractivity contribution is 6.31. The molecule has 6 N–H and O–H groups in total. The fourth-order valence-electron chi connectivity index (χ4n) is 5.66. The standard InChI is InChI=1S/C27H29NO10.ClH/c1-10-22(30)14(28)7-17(37-10)38-16-9-27(35,11(2)29)8-13-19(16)26(34)21-20(24(13)32)23(31)12-5-4-6-15(36-3)18(12)25(21)33;/h4-6,10,14,16-17,22,30,32,34-35H,7-9,28H2,1-3H3;1H/t10-,14-,16?,17-,22+,27-;/m0./s1. The summed E-state index contributed by atoms with van der Waals surface area (Å²) in [4.78, 5) is 39.6. The second-order valence-electron chi connectivity index (χ2n) is 10.1. The molecule has 1 aliphatic heterocycles. The van der Waals surface area contributed by atoms with Crippen molar-refractivity contribution in [1.29, 1.82) is 0 Å². The number of ketones is 3. The summed E-state index contributed by atoms with van der Waals surface area (Å²) < 4.78 is 17.1. The highest BCUT2D eigenvalue weighted by atomic mass is 35.5. The number of fused-ring (bicyclic) bond motifs is 3. The maximum atomic E-state index is 13.6. The van der Waals surface area contributed by atoms with Crippen molar-refractivity contribution in [3.05, 3.63) is 51.6 Å². The highest BCUT2D eigenvalue weighted by Crippen LogP contribution is 2.52. The van der Waals surface area contributed by atoms with E-state index < -0.39 is 82.6 Å². The Morgan fingerprint density at radius 3 is 2.41 bits per heavy atom. The molecule has 1 heterocycles. The van der Waals surface area contributed by atoms with Crippen LogP contribution in [0.5, 0.6) is 17.2 Å². The minimum absolute atomic E-state index is 0. The van der Waals surface area contributed by atoms with E-state index in [2.05, 4.69) is 0 Å². The maximum Gasteiger partial charge on any atom is 0.202 e. The van der Waals surface area contributed by atoms with E-state index in [9.17, 15) is 34.8 Å². The molecule has 0 aromatic heterocycles. The lowest BCUT2D eigenvalue weighted by atomic mass is 9.72. The molecule has 39 heavy (non-hydrogen) atoms. The first-order valence-electron chi connectivity index (χ1n) is 12.2. The summed E-state index contributed by atoms with van der Waals surface area (Å²) in [6.45, 7) is 2.79. The van der Waals surface area contributed by atoms with Gasteiger partial charge in [-0.2, -0.15) is 0 Å². The summed E-state index contributed by atoms with van der Waals surface area (Å²) in [5.41, 5.74) is 2.97. The van der Waals surface area contributed by atoms with Crippen LogP contribution in [0.1, 0.15) is 75.8 Å². The van der Waals surface area contributed by atoms with Crippen molar-refractivity contribution in [1.82, 2.24) is 0 Å². The van der Waals surface area contributed by atoms with Crippen LogP contribution in [-0.2, 0) is 20.7 Å². The van der Waals surface area contributed by atoms with Crippen molar-refractivity contribution in [2.45, 2.75) is 69.4 Å². The number of aliphatic hydroxyl groups is 2. The Balaban J connectivity index is 0.00000353. The van der Waals surface area contributed by atoms with E-state index in [4.69, 9.17) is 19.9 Å². The number of carbonyl (C=O) groups is 3. The molecule has 0 saturated carbocycles. The number of ether oxygens (including phenoxy) is 3. The van der Waals surface area contributed by atoms with Crippen molar-refractivity contribution in [3.63, 3.8) is 0 Å². The Morgan fingerprint density at radius 1 is 1.13 bits per heavy atom. The molecule has 1 fully saturated rings. The van der Waals surface area contributed by atoms with Gasteiger partial charge in [0.15, 0.2) is 17.9 Å². The Kier molecular flexibility index (Phi) is 7.54. The second-order valence-corrected chi connectivity index (χ2v) is 10.1. The molecular weight excluding hydrogens is 534 g/mol. The zero-order valence-electron chi connectivity index (χ0n) is 21.5. The number of aliphatic hydroxyl groups excluding tert-OH is 1. The van der Waals surface area contributed by atoms with Gasteiger partial charge in [-0.3, -0.25) is 14.4 Å². The van der Waals surface area contributed by atoms with E-state index in [1.807, 2.05) is 0 Å². The molecule has 5 rings (SSSR count). The Bertz CT molecular complexity index is 1370. The normalized spacial score (nSPS) is 29.5. The van der Waals surface area contributed by atoms with Crippen LogP contribution >= 0.6 is 12.4 Å². The SMILES string of the molecule is COc1cccc2c1C(=O)c1c(O)c3c(c(O)c1C2=O)C[C@@](O)(C(C)=O)CC3O[C@H]1C[C@H](N)[C@H](O)[C@H](C)O1.Cl. The molecule has 0 spiro atoms. The third-order valence-corrected chi connectivity index (χ3v) is 7.80. The van der Waals surface area contributed by atoms with Gasteiger partial charge in [-0.1, -0.05) is 12.1 Å². The minimum Gasteiger partial charge on any atom is -0.507 e. The number of nitrogens with two attached hydrogens (primary N) is 1. The molecule has 2 aliphatic carbocycles. The van der Waals surface area contributed by atoms with Crippen LogP contribution in [-0.4, -0.2) is 75.0 Å². The monoisotopic (exact) mass is 563 g/mol. The van der Waals surface area contributed by atoms with Gasteiger partial charge in [-0.25, -0.2) is 0 Å². The summed E-state index contributed by atoms with van der Waals surface area (Å²) in [7, 11) is 1.34. The number of benzene rings is 2. The van der Waals surface area contributed by atoms with E-state index in [1.54, 1.807) is 6.92 Å². The zero-order chi connectivity index (χ0) is 27.7. The van der Waals surface area contributed by atoms with E-state index in [-0.39, 0.29) is 53.3 Å². The van der Waals surface area contributed by atoms with E-state index in [1.165, 1.54) is 32.2 Å². The lowest BCUT2D eigenvalue weighted by Gasteiger charge is -2.42. The predicted molar refractivity (Wildman–Crippen MR) is 138 cm³/mol. The minimum atomic E-state index is -2.00. The molecule has 11 nitrogen and oxygen atoms in total. The first-order valence-corrected chi connectivity index (χ1v) is 12.2. The lowest BCUT2D eigenvalue weighted by molar-refractivity contribution is -0.247. The molecule has 12 heteroatoms. The van der Waals surface area contributed by atoms with Crippen molar-refractivity contribution < 1.29 is 49.0 Å². The average Bonchev–Trinajstić information content (AvgIpc) is 2.87. The van der Waals surface area contributed by atoms with Gasteiger partial charge in [-0.05, 0) is 19.9 Å². The highest BCUT2D eigenvalue weighted by Gasteiger charge is 2.49.